The van der Waals surface area contributed by atoms with E-state index in [1.54, 1.807) is 6.92 Å². The van der Waals surface area contributed by atoms with Gasteiger partial charge in [0.05, 0.1) is 26.4 Å². The standard InChI is InChI=1S/C32H52N4O20/c1-9(41)33-17-22(45)21(44)13(5-37)50-30(17)54-26-15(7-39)52-31(18(23(26)46)34-10(2)42)55-27-16(8-40)53-32(19(24(27)47)35-11(3)43)56-28-14(6-38)51-29-20(25(28)48)36-12(4)49-29/h13-32,37-40,44-48H,5-8H2,1-4H3,(H,33,41)(H,34,42)(H,35,43)/t13?,14?,15?,16?,17-,18-,19-,20-,21+,22?,23?,24?,25?,26+,27+,28+,29-,30-,31-,32-/m0/s1. The molecule has 5 heterocycles. The molecule has 56 heavy (non-hydrogen) atoms. The molecular formula is C32H52N4O20. The van der Waals surface area contributed by atoms with E-state index in [1.165, 1.54) is 0 Å². The molecule has 12 N–H and O–H groups in total. The molecule has 3 amide bonds. The third-order valence-electron chi connectivity index (χ3n) is 10.0. The van der Waals surface area contributed by atoms with Crippen LogP contribution in [0.15, 0.2) is 4.99 Å². The Bertz CT molecular complexity index is 1400. The molecule has 24 heteroatoms. The maximum Gasteiger partial charge on any atom is 0.227 e. The average Bonchev–Trinajstić information content (AvgIpc) is 3.53. The zero-order valence-corrected chi connectivity index (χ0v) is 30.8. The van der Waals surface area contributed by atoms with Crippen LogP contribution in [0.1, 0.15) is 27.7 Å². The molecule has 4 fully saturated rings. The number of nitrogens with zero attached hydrogens (tertiary/aromatic N) is 1. The molecule has 4 saturated heterocycles. The van der Waals surface area contributed by atoms with Crippen LogP contribution in [0, 0.1) is 0 Å². The van der Waals surface area contributed by atoms with Crippen molar-refractivity contribution in [2.75, 3.05) is 26.4 Å². The Hall–Kier alpha value is -2.76. The number of ether oxygens (including phenoxy) is 8. The zero-order valence-electron chi connectivity index (χ0n) is 30.8. The van der Waals surface area contributed by atoms with Crippen molar-refractivity contribution in [3.05, 3.63) is 0 Å². The van der Waals surface area contributed by atoms with Crippen molar-refractivity contribution in [2.45, 2.75) is 150 Å². The van der Waals surface area contributed by atoms with Crippen LogP contribution in [-0.2, 0) is 52.3 Å². The molecule has 0 aromatic rings. The highest BCUT2D eigenvalue weighted by molar-refractivity contribution is 5.75. The van der Waals surface area contributed by atoms with E-state index in [1.807, 2.05) is 0 Å². The summed E-state index contributed by atoms with van der Waals surface area (Å²) in [6.07, 6.45) is -24.7. The number of amides is 3. The second-order valence-corrected chi connectivity index (χ2v) is 14.1. The van der Waals surface area contributed by atoms with Gasteiger partial charge in [0.2, 0.25) is 24.0 Å². The molecule has 8 unspecified atom stereocenters. The van der Waals surface area contributed by atoms with Gasteiger partial charge in [-0.1, -0.05) is 0 Å². The second-order valence-electron chi connectivity index (χ2n) is 14.1. The monoisotopic (exact) mass is 812 g/mol. The van der Waals surface area contributed by atoms with E-state index in [9.17, 15) is 60.3 Å². The zero-order chi connectivity index (χ0) is 41.2. The molecule has 5 rings (SSSR count). The summed E-state index contributed by atoms with van der Waals surface area (Å²) in [5.41, 5.74) is 0. The maximum atomic E-state index is 12.4. The third kappa shape index (κ3) is 9.41. The summed E-state index contributed by atoms with van der Waals surface area (Å²) in [7, 11) is 0. The first-order valence-electron chi connectivity index (χ1n) is 18.0. The lowest BCUT2D eigenvalue weighted by Gasteiger charge is -2.50. The van der Waals surface area contributed by atoms with Crippen LogP contribution >= 0.6 is 0 Å². The molecule has 24 nitrogen and oxygen atoms in total. The number of rotatable bonds is 13. The van der Waals surface area contributed by atoms with Gasteiger partial charge in [-0.25, -0.2) is 4.99 Å². The fourth-order valence-electron chi connectivity index (χ4n) is 7.39. The summed E-state index contributed by atoms with van der Waals surface area (Å²) in [4.78, 5) is 40.9. The molecule has 0 aliphatic carbocycles. The predicted molar refractivity (Wildman–Crippen MR) is 178 cm³/mol. The molecular weight excluding hydrogens is 760 g/mol. The number of hydrogen-bond acceptors (Lipinski definition) is 21. The summed E-state index contributed by atoms with van der Waals surface area (Å²) in [5.74, 6) is -1.85. The van der Waals surface area contributed by atoms with Crippen LogP contribution in [0.5, 0.6) is 0 Å². The first kappa shape index (κ1) is 44.3. The Labute approximate surface area is 319 Å². The van der Waals surface area contributed by atoms with Crippen molar-refractivity contribution in [2.24, 2.45) is 4.99 Å². The van der Waals surface area contributed by atoms with E-state index < -0.39 is 167 Å². The van der Waals surface area contributed by atoms with Gasteiger partial charge in [0.25, 0.3) is 0 Å². The minimum absolute atomic E-state index is 0.219. The van der Waals surface area contributed by atoms with Crippen molar-refractivity contribution < 1.29 is 98.2 Å². The van der Waals surface area contributed by atoms with E-state index in [-0.39, 0.29) is 5.90 Å². The van der Waals surface area contributed by atoms with Gasteiger partial charge in [-0.3, -0.25) is 14.4 Å². The van der Waals surface area contributed by atoms with E-state index >= 15 is 0 Å². The number of fused-ring (bicyclic) bond motifs is 1. The average molecular weight is 813 g/mol. The summed E-state index contributed by atoms with van der Waals surface area (Å²) in [5, 5.41) is 104. The van der Waals surface area contributed by atoms with Crippen LogP contribution in [0.3, 0.4) is 0 Å². The van der Waals surface area contributed by atoms with E-state index in [0.717, 1.165) is 20.8 Å². The molecule has 5 aliphatic rings. The van der Waals surface area contributed by atoms with Gasteiger partial charge in [0, 0.05) is 27.7 Å². The van der Waals surface area contributed by atoms with Gasteiger partial charge < -0.3 is 99.8 Å². The molecule has 0 saturated carbocycles. The minimum Gasteiger partial charge on any atom is -0.450 e. The number of nitrogens with one attached hydrogen (secondary N) is 3. The first-order chi connectivity index (χ1) is 26.5. The Kier molecular flexibility index (Phi) is 14.9. The van der Waals surface area contributed by atoms with Crippen LogP contribution in [0.2, 0.25) is 0 Å². The molecule has 320 valence electrons. The summed E-state index contributed by atoms with van der Waals surface area (Å²) >= 11 is 0. The fraction of sp³-hybridized carbons (Fsp3) is 0.875. The molecule has 0 bridgehead atoms. The second kappa shape index (κ2) is 18.9. The maximum absolute atomic E-state index is 12.4. The largest absolute Gasteiger partial charge is 0.450 e. The van der Waals surface area contributed by atoms with Crippen molar-refractivity contribution >= 4 is 23.6 Å². The smallest absolute Gasteiger partial charge is 0.227 e. The quantitative estimate of drug-likeness (QED) is 0.0821. The molecule has 20 atom stereocenters. The highest BCUT2D eigenvalue weighted by atomic mass is 16.8. The number of hydrogen-bond donors (Lipinski definition) is 12. The van der Waals surface area contributed by atoms with Crippen molar-refractivity contribution in [1.82, 2.24) is 16.0 Å². The predicted octanol–water partition coefficient (Wildman–Crippen LogP) is -7.85. The third-order valence-corrected chi connectivity index (χ3v) is 10.0. The molecule has 5 aliphatic heterocycles. The van der Waals surface area contributed by atoms with Crippen LogP contribution in [-0.4, -0.2) is 219 Å². The number of carbonyl (C=O) groups excluding carboxylic acids is 3. The summed E-state index contributed by atoms with van der Waals surface area (Å²) in [6.45, 7) is 1.69. The summed E-state index contributed by atoms with van der Waals surface area (Å²) < 4.78 is 46.7. The number of aliphatic hydroxyl groups is 9. The normalized spacial score (nSPS) is 45.2. The van der Waals surface area contributed by atoms with Crippen LogP contribution in [0.25, 0.3) is 0 Å². The van der Waals surface area contributed by atoms with E-state index in [0.29, 0.717) is 0 Å². The fourth-order valence-corrected chi connectivity index (χ4v) is 7.39. The number of carbonyl (C=O) groups is 3. The van der Waals surface area contributed by atoms with Gasteiger partial charge in [-0.15, -0.1) is 0 Å². The van der Waals surface area contributed by atoms with Crippen molar-refractivity contribution in [1.29, 1.82) is 0 Å². The van der Waals surface area contributed by atoms with Gasteiger partial charge in [0.1, 0.15) is 97.4 Å². The Morgan fingerprint density at radius 1 is 0.554 bits per heavy atom. The van der Waals surface area contributed by atoms with Gasteiger partial charge >= 0.3 is 0 Å². The number of aliphatic hydroxyl groups excluding tert-OH is 9. The first-order valence-corrected chi connectivity index (χ1v) is 18.0. The Morgan fingerprint density at radius 2 is 0.911 bits per heavy atom. The lowest BCUT2D eigenvalue weighted by molar-refractivity contribution is -0.360. The van der Waals surface area contributed by atoms with E-state index in [4.69, 9.17) is 37.9 Å². The highest BCUT2D eigenvalue weighted by Gasteiger charge is 2.57. The van der Waals surface area contributed by atoms with Crippen LogP contribution < -0.4 is 16.0 Å². The molecule has 0 aromatic carbocycles. The van der Waals surface area contributed by atoms with Crippen molar-refractivity contribution in [3.8, 4) is 0 Å². The summed E-state index contributed by atoms with van der Waals surface area (Å²) in [6, 6.07) is -5.48. The van der Waals surface area contributed by atoms with Gasteiger partial charge in [-0.2, -0.15) is 0 Å². The lowest BCUT2D eigenvalue weighted by atomic mass is 9.93. The lowest BCUT2D eigenvalue weighted by Crippen LogP contribution is -2.71. The Morgan fingerprint density at radius 3 is 1.30 bits per heavy atom. The molecule has 0 radical (unpaired) electrons. The van der Waals surface area contributed by atoms with Gasteiger partial charge in [-0.05, 0) is 0 Å². The number of aliphatic imine (C=N–C) groups is 1. The molecule has 0 spiro atoms. The topological polar surface area (TPSA) is 356 Å². The van der Waals surface area contributed by atoms with Crippen LogP contribution in [0.4, 0.5) is 0 Å². The minimum atomic E-state index is -1.85. The van der Waals surface area contributed by atoms with E-state index in [2.05, 4.69) is 20.9 Å². The van der Waals surface area contributed by atoms with Crippen molar-refractivity contribution in [3.63, 3.8) is 0 Å². The van der Waals surface area contributed by atoms with Gasteiger partial charge in [0.15, 0.2) is 24.8 Å². The molecule has 0 aromatic heterocycles. The Balaban J connectivity index is 1.38. The SMILES string of the molecule is CC(=O)N[C@H]1C(O)[C@H](O)C(CO)O[C@H]1O[C@@H]1C(CO)O[C@@H](O[C@@H]2C(CO)O[C@@H](O[C@@H]3C(CO)O[C@@H]4OC(C)=N[C@H]4C3O)[C@@H](NC(C)=O)C2O)[C@@H](NC(C)=O)C1O. The highest BCUT2D eigenvalue weighted by Crippen LogP contribution is 2.36.